The molecular formula is C15H11ClN4O2. The summed E-state index contributed by atoms with van der Waals surface area (Å²) in [5, 5.41) is 9.90. The Morgan fingerprint density at radius 2 is 2.27 bits per heavy atom. The largest absolute Gasteiger partial charge is 0.422 e. The molecule has 1 aliphatic heterocycles. The van der Waals surface area contributed by atoms with Gasteiger partial charge in [0.1, 0.15) is 17.5 Å². The number of nitrogens with two attached hydrogens (primary N) is 1. The molecule has 3 N–H and O–H groups in total. The predicted molar refractivity (Wildman–Crippen MR) is 80.3 cm³/mol. The number of nitrogens with zero attached hydrogens (tertiary/aromatic N) is 2. The Kier molecular flexibility index (Phi) is 3.35. The summed E-state index contributed by atoms with van der Waals surface area (Å²) >= 11 is 6.02. The fourth-order valence-corrected chi connectivity index (χ4v) is 2.69. The first-order valence-electron chi connectivity index (χ1n) is 6.45. The minimum atomic E-state index is -0.663. The summed E-state index contributed by atoms with van der Waals surface area (Å²) in [7, 11) is 0. The van der Waals surface area contributed by atoms with E-state index in [4.69, 9.17) is 22.1 Å². The normalized spacial score (nSPS) is 16.7. The van der Waals surface area contributed by atoms with E-state index < -0.39 is 5.92 Å². The summed E-state index contributed by atoms with van der Waals surface area (Å²) in [6.45, 7) is 1.64. The zero-order valence-corrected chi connectivity index (χ0v) is 12.3. The molecule has 0 fully saturated rings. The Hall–Kier alpha value is -2.78. The van der Waals surface area contributed by atoms with Crippen LogP contribution in [0.25, 0.3) is 0 Å². The number of nitriles is 1. The van der Waals surface area contributed by atoms with Crippen molar-refractivity contribution in [2.75, 3.05) is 0 Å². The quantitative estimate of drug-likeness (QED) is 0.837. The number of halogens is 1. The maximum absolute atomic E-state index is 12.3. The standard InChI is InChI=1S/C15H11ClN4O2/c1-7-19-14(21)12-11(8-3-2-4-9(16)5-8)10(6-17)13(18)22-15(12)20-7/h2-5,11H,18H2,1H3,(H,19,20,21)/t11-/m0/s1. The monoisotopic (exact) mass is 314 g/mol. The minimum Gasteiger partial charge on any atom is -0.422 e. The van der Waals surface area contributed by atoms with Crippen LogP contribution in [0.2, 0.25) is 5.02 Å². The first kappa shape index (κ1) is 14.2. The Morgan fingerprint density at radius 1 is 1.50 bits per heavy atom. The van der Waals surface area contributed by atoms with Gasteiger partial charge in [0, 0.05) is 5.02 Å². The highest BCUT2D eigenvalue weighted by atomic mass is 35.5. The van der Waals surface area contributed by atoms with Crippen LogP contribution in [-0.2, 0) is 0 Å². The first-order chi connectivity index (χ1) is 10.5. The Labute approximate surface area is 130 Å². The van der Waals surface area contributed by atoms with E-state index in [1.165, 1.54) is 0 Å². The number of aromatic nitrogens is 2. The number of aryl methyl sites for hydroxylation is 1. The predicted octanol–water partition coefficient (Wildman–Crippen LogP) is 1.95. The zero-order chi connectivity index (χ0) is 15.9. The average molecular weight is 315 g/mol. The van der Waals surface area contributed by atoms with E-state index in [2.05, 4.69) is 9.97 Å². The highest BCUT2D eigenvalue weighted by molar-refractivity contribution is 6.30. The topological polar surface area (TPSA) is 105 Å². The fraction of sp³-hybridized carbons (Fsp3) is 0.133. The van der Waals surface area contributed by atoms with E-state index in [1.54, 1.807) is 31.2 Å². The van der Waals surface area contributed by atoms with Crippen LogP contribution in [0, 0.1) is 18.3 Å². The molecule has 0 unspecified atom stereocenters. The van der Waals surface area contributed by atoms with Gasteiger partial charge in [-0.15, -0.1) is 0 Å². The molecule has 0 radical (unpaired) electrons. The Morgan fingerprint density at radius 3 is 2.95 bits per heavy atom. The lowest BCUT2D eigenvalue weighted by molar-refractivity contribution is 0.373. The number of ether oxygens (including phenoxy) is 1. The summed E-state index contributed by atoms with van der Waals surface area (Å²) in [5.74, 6) is -0.202. The molecule has 110 valence electrons. The Balaban J connectivity index is 2.32. The van der Waals surface area contributed by atoms with Gasteiger partial charge in [-0.25, -0.2) is 0 Å². The molecule has 0 saturated carbocycles. The molecule has 0 spiro atoms. The van der Waals surface area contributed by atoms with E-state index in [9.17, 15) is 10.1 Å². The van der Waals surface area contributed by atoms with Crippen LogP contribution >= 0.6 is 11.6 Å². The van der Waals surface area contributed by atoms with Crippen LogP contribution in [0.1, 0.15) is 22.9 Å². The van der Waals surface area contributed by atoms with Gasteiger partial charge in [0.2, 0.25) is 11.8 Å². The average Bonchev–Trinajstić information content (AvgIpc) is 2.45. The molecule has 0 aliphatic carbocycles. The van der Waals surface area contributed by atoms with E-state index in [0.29, 0.717) is 16.4 Å². The van der Waals surface area contributed by atoms with E-state index in [-0.39, 0.29) is 28.5 Å². The second-order valence-electron chi connectivity index (χ2n) is 4.85. The Bertz CT molecular complexity index is 895. The minimum absolute atomic E-state index is 0.0579. The van der Waals surface area contributed by atoms with Gasteiger partial charge in [0.15, 0.2) is 0 Å². The summed E-state index contributed by atoms with van der Waals surface area (Å²) in [4.78, 5) is 19.1. The highest BCUT2D eigenvalue weighted by Crippen LogP contribution is 2.39. The maximum Gasteiger partial charge on any atom is 0.258 e. The van der Waals surface area contributed by atoms with Crippen molar-refractivity contribution in [2.24, 2.45) is 5.73 Å². The number of benzene rings is 1. The van der Waals surface area contributed by atoms with Crippen molar-refractivity contribution >= 4 is 11.6 Å². The number of fused-ring (bicyclic) bond motifs is 1. The van der Waals surface area contributed by atoms with Gasteiger partial charge in [0.05, 0.1) is 11.5 Å². The van der Waals surface area contributed by atoms with E-state index >= 15 is 0 Å². The van der Waals surface area contributed by atoms with Crippen molar-refractivity contribution in [3.8, 4) is 11.9 Å². The van der Waals surface area contributed by atoms with Gasteiger partial charge in [-0.2, -0.15) is 10.2 Å². The molecule has 0 amide bonds. The van der Waals surface area contributed by atoms with Gasteiger partial charge >= 0.3 is 0 Å². The second-order valence-corrected chi connectivity index (χ2v) is 5.29. The number of aromatic amines is 1. The van der Waals surface area contributed by atoms with Crippen LogP contribution < -0.4 is 16.0 Å². The molecule has 1 aromatic heterocycles. The molecule has 1 aliphatic rings. The number of nitrogens with one attached hydrogen (secondary N) is 1. The number of allylic oxidation sites excluding steroid dienone is 1. The van der Waals surface area contributed by atoms with Crippen molar-refractivity contribution in [1.82, 2.24) is 9.97 Å². The number of hydrogen-bond donors (Lipinski definition) is 2. The van der Waals surface area contributed by atoms with Crippen molar-refractivity contribution in [2.45, 2.75) is 12.8 Å². The van der Waals surface area contributed by atoms with Gasteiger partial charge < -0.3 is 15.5 Å². The molecule has 7 heteroatoms. The number of rotatable bonds is 1. The molecule has 22 heavy (non-hydrogen) atoms. The van der Waals surface area contributed by atoms with Crippen molar-refractivity contribution in [3.63, 3.8) is 0 Å². The first-order valence-corrected chi connectivity index (χ1v) is 6.83. The van der Waals surface area contributed by atoms with Gasteiger partial charge in [-0.3, -0.25) is 4.79 Å². The van der Waals surface area contributed by atoms with Crippen LogP contribution in [0.3, 0.4) is 0 Å². The number of hydrogen-bond acceptors (Lipinski definition) is 5. The lowest BCUT2D eigenvalue weighted by Gasteiger charge is -2.24. The van der Waals surface area contributed by atoms with Crippen LogP contribution in [0.4, 0.5) is 0 Å². The molecule has 6 nitrogen and oxygen atoms in total. The van der Waals surface area contributed by atoms with Gasteiger partial charge in [-0.1, -0.05) is 23.7 Å². The van der Waals surface area contributed by atoms with Crippen LogP contribution in [0.5, 0.6) is 5.88 Å². The van der Waals surface area contributed by atoms with Crippen molar-refractivity contribution in [3.05, 3.63) is 68.0 Å². The lowest BCUT2D eigenvalue weighted by atomic mass is 9.85. The fourth-order valence-electron chi connectivity index (χ4n) is 2.49. The molecule has 2 aromatic rings. The number of H-pyrrole nitrogens is 1. The summed E-state index contributed by atoms with van der Waals surface area (Å²) < 4.78 is 5.35. The van der Waals surface area contributed by atoms with Crippen LogP contribution in [-0.4, -0.2) is 9.97 Å². The zero-order valence-electron chi connectivity index (χ0n) is 11.6. The molecule has 0 bridgehead atoms. The van der Waals surface area contributed by atoms with Crippen LogP contribution in [0.15, 0.2) is 40.5 Å². The van der Waals surface area contributed by atoms with Crippen molar-refractivity contribution < 1.29 is 4.74 Å². The van der Waals surface area contributed by atoms with E-state index in [1.807, 2.05) is 6.07 Å². The molecular weight excluding hydrogens is 304 g/mol. The third kappa shape index (κ3) is 2.22. The summed E-state index contributed by atoms with van der Waals surface area (Å²) in [6, 6.07) is 8.92. The molecule has 1 atom stereocenters. The molecule has 2 heterocycles. The molecule has 1 aromatic carbocycles. The third-order valence-corrected chi connectivity index (χ3v) is 3.63. The second kappa shape index (κ2) is 5.20. The smallest absolute Gasteiger partial charge is 0.258 e. The van der Waals surface area contributed by atoms with Crippen molar-refractivity contribution in [1.29, 1.82) is 5.26 Å². The maximum atomic E-state index is 12.3. The third-order valence-electron chi connectivity index (χ3n) is 3.39. The SMILES string of the molecule is Cc1nc2c(c(=O)[nH]1)[C@@H](c1cccc(Cl)c1)C(C#N)=C(N)O2. The van der Waals surface area contributed by atoms with Gasteiger partial charge in [0.25, 0.3) is 5.56 Å². The molecule has 0 saturated heterocycles. The summed E-state index contributed by atoms with van der Waals surface area (Å²) in [5.41, 5.74) is 6.53. The molecule has 3 rings (SSSR count). The highest BCUT2D eigenvalue weighted by Gasteiger charge is 2.34. The lowest BCUT2D eigenvalue weighted by Crippen LogP contribution is -2.29. The van der Waals surface area contributed by atoms with Gasteiger partial charge in [-0.05, 0) is 24.6 Å². The summed E-state index contributed by atoms with van der Waals surface area (Å²) in [6.07, 6.45) is 0. The van der Waals surface area contributed by atoms with E-state index in [0.717, 1.165) is 0 Å².